The fourth-order valence-corrected chi connectivity index (χ4v) is 2.24. The topological polar surface area (TPSA) is 18.5 Å². The normalized spacial score (nSPS) is 12.3. The summed E-state index contributed by atoms with van der Waals surface area (Å²) < 4.78 is 10.9. The molecular weight excluding hydrogens is 272 g/mol. The second kappa shape index (κ2) is 8.28. The molecule has 0 aliphatic heterocycles. The molecule has 0 spiro atoms. The number of allylic oxidation sites excluding steroid dienone is 1. The van der Waals surface area contributed by atoms with Crippen molar-refractivity contribution in [1.82, 2.24) is 0 Å². The highest BCUT2D eigenvalue weighted by atomic mass is 16.5. The van der Waals surface area contributed by atoms with Crippen LogP contribution in [0.15, 0.2) is 54.6 Å². The first-order chi connectivity index (χ1) is 10.7. The number of benzene rings is 2. The van der Waals surface area contributed by atoms with Crippen molar-refractivity contribution in [2.75, 3.05) is 13.2 Å². The van der Waals surface area contributed by atoms with Crippen molar-refractivity contribution in [2.45, 2.75) is 26.7 Å². The quantitative estimate of drug-likeness (QED) is 0.690. The first-order valence-electron chi connectivity index (χ1n) is 7.86. The number of ether oxygens (including phenoxy) is 2. The summed E-state index contributed by atoms with van der Waals surface area (Å²) >= 11 is 0. The molecule has 2 aromatic rings. The molecule has 2 aromatic carbocycles. The molecule has 0 fully saturated rings. The molecule has 22 heavy (non-hydrogen) atoms. The summed E-state index contributed by atoms with van der Waals surface area (Å²) in [5.74, 6) is 2.20. The number of rotatable bonds is 7. The molecule has 1 atom stereocenters. The summed E-state index contributed by atoms with van der Waals surface area (Å²) in [5, 5.41) is 0. The maximum Gasteiger partial charge on any atom is 0.119 e. The Kier molecular flexibility index (Phi) is 6.08. The third-order valence-electron chi connectivity index (χ3n) is 3.49. The molecule has 2 heteroatoms. The molecule has 0 aromatic heterocycles. The Balaban J connectivity index is 1.99. The van der Waals surface area contributed by atoms with Crippen molar-refractivity contribution < 1.29 is 9.47 Å². The predicted octanol–water partition coefficient (Wildman–Crippen LogP) is 5.30. The lowest BCUT2D eigenvalue weighted by Crippen LogP contribution is -1.93. The minimum Gasteiger partial charge on any atom is -0.494 e. The highest BCUT2D eigenvalue weighted by molar-refractivity contribution is 5.52. The zero-order valence-corrected chi connectivity index (χ0v) is 13.6. The van der Waals surface area contributed by atoms with E-state index in [4.69, 9.17) is 9.47 Å². The average Bonchev–Trinajstić information content (AvgIpc) is 2.55. The Morgan fingerprint density at radius 1 is 0.818 bits per heavy atom. The third kappa shape index (κ3) is 4.66. The van der Waals surface area contributed by atoms with Crippen LogP contribution in [0.4, 0.5) is 0 Å². The smallest absolute Gasteiger partial charge is 0.119 e. The van der Waals surface area contributed by atoms with Crippen LogP contribution in [0.2, 0.25) is 0 Å². The molecule has 2 nitrogen and oxygen atoms in total. The van der Waals surface area contributed by atoms with Crippen molar-refractivity contribution in [3.8, 4) is 11.5 Å². The van der Waals surface area contributed by atoms with Crippen LogP contribution >= 0.6 is 0 Å². The van der Waals surface area contributed by atoms with E-state index in [0.29, 0.717) is 19.1 Å². The molecule has 0 saturated heterocycles. The van der Waals surface area contributed by atoms with Gasteiger partial charge in [0, 0.05) is 0 Å². The van der Waals surface area contributed by atoms with Crippen molar-refractivity contribution in [1.29, 1.82) is 0 Å². The van der Waals surface area contributed by atoms with E-state index in [2.05, 4.69) is 43.3 Å². The van der Waals surface area contributed by atoms with Crippen LogP contribution in [-0.4, -0.2) is 13.2 Å². The van der Waals surface area contributed by atoms with E-state index in [1.807, 2.05) is 38.1 Å². The van der Waals surface area contributed by atoms with Gasteiger partial charge >= 0.3 is 0 Å². The lowest BCUT2D eigenvalue weighted by atomic mass is 10.00. The maximum atomic E-state index is 5.47. The molecule has 0 saturated carbocycles. The van der Waals surface area contributed by atoms with Crippen LogP contribution in [0, 0.1) is 0 Å². The van der Waals surface area contributed by atoms with Crippen molar-refractivity contribution >= 4 is 6.08 Å². The van der Waals surface area contributed by atoms with Crippen LogP contribution in [0.25, 0.3) is 6.08 Å². The Bertz CT molecular complexity index is 582. The molecule has 116 valence electrons. The van der Waals surface area contributed by atoms with Gasteiger partial charge in [0.2, 0.25) is 0 Å². The summed E-state index contributed by atoms with van der Waals surface area (Å²) in [4.78, 5) is 0. The van der Waals surface area contributed by atoms with Crippen molar-refractivity contribution in [3.05, 3.63) is 65.7 Å². The lowest BCUT2D eigenvalue weighted by Gasteiger charge is -2.09. The third-order valence-corrected chi connectivity index (χ3v) is 3.49. The maximum absolute atomic E-state index is 5.47. The fourth-order valence-electron chi connectivity index (χ4n) is 2.24. The van der Waals surface area contributed by atoms with E-state index in [9.17, 15) is 0 Å². The molecule has 0 aliphatic rings. The highest BCUT2D eigenvalue weighted by Crippen LogP contribution is 2.22. The van der Waals surface area contributed by atoms with Gasteiger partial charge in [0.15, 0.2) is 0 Å². The Morgan fingerprint density at radius 3 is 1.82 bits per heavy atom. The minimum atomic E-state index is 0.363. The van der Waals surface area contributed by atoms with Gasteiger partial charge in [-0.25, -0.2) is 0 Å². The van der Waals surface area contributed by atoms with E-state index in [0.717, 1.165) is 11.5 Å². The molecule has 1 unspecified atom stereocenters. The molecule has 0 bridgehead atoms. The van der Waals surface area contributed by atoms with E-state index >= 15 is 0 Å². The molecule has 0 radical (unpaired) electrons. The van der Waals surface area contributed by atoms with Gasteiger partial charge in [0.25, 0.3) is 0 Å². The van der Waals surface area contributed by atoms with Crippen LogP contribution in [0.5, 0.6) is 11.5 Å². The fraction of sp³-hybridized carbons (Fsp3) is 0.300. The van der Waals surface area contributed by atoms with Gasteiger partial charge in [-0.1, -0.05) is 43.3 Å². The Morgan fingerprint density at radius 2 is 1.32 bits per heavy atom. The second-order valence-corrected chi connectivity index (χ2v) is 5.15. The lowest BCUT2D eigenvalue weighted by molar-refractivity contribution is 0.340. The van der Waals surface area contributed by atoms with Gasteiger partial charge in [-0.05, 0) is 55.2 Å². The molecule has 2 rings (SSSR count). The first-order valence-corrected chi connectivity index (χ1v) is 7.86. The summed E-state index contributed by atoms with van der Waals surface area (Å²) in [6.45, 7) is 7.58. The highest BCUT2D eigenvalue weighted by Gasteiger charge is 2.02. The van der Waals surface area contributed by atoms with Gasteiger partial charge in [-0.15, -0.1) is 0 Å². The molecule has 0 amide bonds. The van der Waals surface area contributed by atoms with E-state index in [1.165, 1.54) is 11.1 Å². The summed E-state index contributed by atoms with van der Waals surface area (Å²) in [7, 11) is 0. The van der Waals surface area contributed by atoms with Crippen LogP contribution < -0.4 is 9.47 Å². The van der Waals surface area contributed by atoms with E-state index in [1.54, 1.807) is 0 Å². The van der Waals surface area contributed by atoms with E-state index in [-0.39, 0.29) is 0 Å². The Hall–Kier alpha value is -2.22. The van der Waals surface area contributed by atoms with Gasteiger partial charge in [-0.2, -0.15) is 0 Å². The standard InChI is InChI=1S/C20H24O2/c1-4-21-19-12-8-17(9-13-19)7-6-16(3)18-10-14-20(15-11-18)22-5-2/h6-16H,4-5H2,1-3H3. The Labute approximate surface area is 133 Å². The summed E-state index contributed by atoms with van der Waals surface area (Å²) in [5.41, 5.74) is 2.46. The average molecular weight is 296 g/mol. The van der Waals surface area contributed by atoms with Gasteiger partial charge in [0.05, 0.1) is 13.2 Å². The number of hydrogen-bond acceptors (Lipinski definition) is 2. The molecule has 0 N–H and O–H groups in total. The van der Waals surface area contributed by atoms with Crippen LogP contribution in [0.1, 0.15) is 37.8 Å². The van der Waals surface area contributed by atoms with Crippen molar-refractivity contribution in [2.24, 2.45) is 0 Å². The van der Waals surface area contributed by atoms with Gasteiger partial charge in [-0.3, -0.25) is 0 Å². The first kappa shape index (κ1) is 16.2. The number of hydrogen-bond donors (Lipinski definition) is 0. The zero-order valence-electron chi connectivity index (χ0n) is 13.6. The van der Waals surface area contributed by atoms with Gasteiger partial charge < -0.3 is 9.47 Å². The monoisotopic (exact) mass is 296 g/mol. The molecule has 0 heterocycles. The SMILES string of the molecule is CCOc1ccc(C=CC(C)c2ccc(OCC)cc2)cc1. The summed E-state index contributed by atoms with van der Waals surface area (Å²) in [6.07, 6.45) is 4.36. The van der Waals surface area contributed by atoms with E-state index < -0.39 is 0 Å². The predicted molar refractivity (Wildman–Crippen MR) is 92.7 cm³/mol. The van der Waals surface area contributed by atoms with Gasteiger partial charge in [0.1, 0.15) is 11.5 Å². The minimum absolute atomic E-state index is 0.363. The molecule has 0 aliphatic carbocycles. The summed E-state index contributed by atoms with van der Waals surface area (Å²) in [6, 6.07) is 16.5. The largest absolute Gasteiger partial charge is 0.494 e. The van der Waals surface area contributed by atoms with Crippen molar-refractivity contribution in [3.63, 3.8) is 0 Å². The van der Waals surface area contributed by atoms with Crippen LogP contribution in [-0.2, 0) is 0 Å². The molecular formula is C20H24O2. The second-order valence-electron chi connectivity index (χ2n) is 5.15. The van der Waals surface area contributed by atoms with Crippen LogP contribution in [0.3, 0.4) is 0 Å². The zero-order chi connectivity index (χ0) is 15.8.